The molecule has 0 radical (unpaired) electrons. The van der Waals surface area contributed by atoms with Crippen LogP contribution in [0.4, 0.5) is 19.0 Å². The molecule has 3 aromatic carbocycles. The fourth-order valence-electron chi connectivity index (χ4n) is 4.70. The van der Waals surface area contributed by atoms with E-state index in [1.807, 2.05) is 36.1 Å². The predicted molar refractivity (Wildman–Crippen MR) is 142 cm³/mol. The van der Waals surface area contributed by atoms with Crippen molar-refractivity contribution in [2.45, 2.75) is 26.0 Å². The molecule has 1 aliphatic heterocycles. The summed E-state index contributed by atoms with van der Waals surface area (Å²) in [4.78, 5) is 16.9. The standard InChI is InChI=1S/C28H25F3N4O2.ClH/c1-18-17-34(25(36)16-19-6-12-22(13-7-19)37-28(30)31)14-15-35(18)27-24-5-3-2-4-23(24)26(32-33-27)20-8-10-21(29)11-9-20;/h2-13,18,28H,14-17H2,1H3;1H/t18-;/m0./s1. The van der Waals surface area contributed by atoms with Crippen LogP contribution in [0.1, 0.15) is 12.5 Å². The molecule has 0 spiro atoms. The van der Waals surface area contributed by atoms with Crippen LogP contribution in [0.3, 0.4) is 0 Å². The molecule has 4 aromatic rings. The van der Waals surface area contributed by atoms with Crippen LogP contribution in [-0.4, -0.2) is 53.3 Å². The Labute approximate surface area is 224 Å². The zero-order valence-electron chi connectivity index (χ0n) is 20.6. The smallest absolute Gasteiger partial charge is 0.387 e. The number of anilines is 1. The monoisotopic (exact) mass is 542 g/mol. The number of nitrogens with zero attached hydrogens (tertiary/aromatic N) is 4. The minimum atomic E-state index is -2.88. The van der Waals surface area contributed by atoms with E-state index in [0.29, 0.717) is 25.3 Å². The summed E-state index contributed by atoms with van der Waals surface area (Å²) in [5.41, 5.74) is 2.20. The summed E-state index contributed by atoms with van der Waals surface area (Å²) in [6, 6.07) is 20.2. The molecule has 1 saturated heterocycles. The average molecular weight is 543 g/mol. The van der Waals surface area contributed by atoms with Crippen molar-refractivity contribution in [3.05, 3.63) is 84.2 Å². The Morgan fingerprint density at radius 3 is 2.32 bits per heavy atom. The number of fused-ring (bicyclic) bond motifs is 1. The molecule has 5 rings (SSSR count). The molecule has 1 atom stereocenters. The van der Waals surface area contributed by atoms with Crippen LogP contribution in [0.25, 0.3) is 22.0 Å². The van der Waals surface area contributed by atoms with Gasteiger partial charge >= 0.3 is 6.61 Å². The lowest BCUT2D eigenvalue weighted by Gasteiger charge is -2.40. The van der Waals surface area contributed by atoms with Crippen LogP contribution in [0, 0.1) is 5.82 Å². The van der Waals surface area contributed by atoms with E-state index in [2.05, 4.69) is 19.8 Å². The minimum Gasteiger partial charge on any atom is -0.435 e. The highest BCUT2D eigenvalue weighted by Crippen LogP contribution is 2.33. The average Bonchev–Trinajstić information content (AvgIpc) is 2.89. The number of hydrogen-bond donors (Lipinski definition) is 0. The zero-order valence-corrected chi connectivity index (χ0v) is 21.4. The van der Waals surface area contributed by atoms with E-state index in [1.165, 1.54) is 24.3 Å². The van der Waals surface area contributed by atoms with Crippen molar-refractivity contribution in [2.24, 2.45) is 0 Å². The molecule has 1 amide bonds. The van der Waals surface area contributed by atoms with E-state index in [9.17, 15) is 18.0 Å². The second-order valence-electron chi connectivity index (χ2n) is 9.01. The number of aromatic nitrogens is 2. The van der Waals surface area contributed by atoms with Gasteiger partial charge in [0.25, 0.3) is 0 Å². The van der Waals surface area contributed by atoms with Crippen molar-refractivity contribution in [3.8, 4) is 17.0 Å². The molecule has 0 unspecified atom stereocenters. The van der Waals surface area contributed by atoms with Gasteiger partial charge in [0.05, 0.1) is 6.42 Å². The predicted octanol–water partition coefficient (Wildman–Crippen LogP) is 5.74. The van der Waals surface area contributed by atoms with Gasteiger partial charge in [-0.3, -0.25) is 4.79 Å². The van der Waals surface area contributed by atoms with E-state index in [4.69, 9.17) is 0 Å². The van der Waals surface area contributed by atoms with Gasteiger partial charge in [-0.1, -0.05) is 36.4 Å². The summed E-state index contributed by atoms with van der Waals surface area (Å²) < 4.78 is 42.5. The third-order valence-corrected chi connectivity index (χ3v) is 6.54. The lowest BCUT2D eigenvalue weighted by atomic mass is 10.0. The summed E-state index contributed by atoms with van der Waals surface area (Å²) in [6.45, 7) is 0.779. The number of rotatable bonds is 6. The molecule has 38 heavy (non-hydrogen) atoms. The lowest BCUT2D eigenvalue weighted by molar-refractivity contribution is -0.131. The molecule has 10 heteroatoms. The van der Waals surface area contributed by atoms with Crippen molar-refractivity contribution in [3.63, 3.8) is 0 Å². The normalized spacial score (nSPS) is 15.4. The number of benzene rings is 3. The Hall–Kier alpha value is -3.85. The van der Waals surface area contributed by atoms with E-state index >= 15 is 0 Å². The number of piperazine rings is 1. The van der Waals surface area contributed by atoms with Gasteiger partial charge in [-0.05, 0) is 48.9 Å². The molecule has 198 valence electrons. The lowest BCUT2D eigenvalue weighted by Crippen LogP contribution is -2.54. The number of carbonyl (C=O) groups excluding carboxylic acids is 1. The Balaban J connectivity index is 0.00000336. The molecule has 1 aromatic heterocycles. The van der Waals surface area contributed by atoms with Gasteiger partial charge in [-0.15, -0.1) is 22.6 Å². The highest BCUT2D eigenvalue weighted by molar-refractivity contribution is 6.00. The van der Waals surface area contributed by atoms with Crippen LogP contribution >= 0.6 is 12.4 Å². The van der Waals surface area contributed by atoms with Crippen molar-refractivity contribution >= 4 is 34.9 Å². The first kappa shape index (κ1) is 27.2. The first-order valence-corrected chi connectivity index (χ1v) is 12.0. The van der Waals surface area contributed by atoms with Crippen molar-refractivity contribution in [1.82, 2.24) is 15.1 Å². The summed E-state index contributed by atoms with van der Waals surface area (Å²) in [7, 11) is 0. The molecular formula is C28H26ClF3N4O2. The SMILES string of the molecule is C[C@H]1CN(C(=O)Cc2ccc(OC(F)F)cc2)CCN1c1nnc(-c2ccc(F)cc2)c2ccccc12.Cl. The molecule has 0 bridgehead atoms. The van der Waals surface area contributed by atoms with Crippen LogP contribution < -0.4 is 9.64 Å². The highest BCUT2D eigenvalue weighted by Gasteiger charge is 2.29. The maximum atomic E-state index is 13.4. The van der Waals surface area contributed by atoms with Gasteiger partial charge in [-0.25, -0.2) is 4.39 Å². The molecule has 0 saturated carbocycles. The largest absolute Gasteiger partial charge is 0.435 e. The van der Waals surface area contributed by atoms with Gasteiger partial charge < -0.3 is 14.5 Å². The number of carbonyl (C=O) groups is 1. The number of hydrogen-bond acceptors (Lipinski definition) is 5. The van der Waals surface area contributed by atoms with E-state index < -0.39 is 6.61 Å². The number of alkyl halides is 2. The molecular weight excluding hydrogens is 517 g/mol. The van der Waals surface area contributed by atoms with Crippen LogP contribution in [0.5, 0.6) is 5.75 Å². The second kappa shape index (κ2) is 11.7. The quantitative estimate of drug-likeness (QED) is 0.311. The van der Waals surface area contributed by atoms with Crippen LogP contribution in [0.15, 0.2) is 72.8 Å². The Morgan fingerprint density at radius 1 is 0.974 bits per heavy atom. The van der Waals surface area contributed by atoms with E-state index in [1.54, 1.807) is 24.3 Å². The van der Waals surface area contributed by atoms with Gasteiger partial charge in [0.15, 0.2) is 5.82 Å². The maximum Gasteiger partial charge on any atom is 0.387 e. The van der Waals surface area contributed by atoms with E-state index in [0.717, 1.165) is 27.7 Å². The fourth-order valence-corrected chi connectivity index (χ4v) is 4.70. The second-order valence-corrected chi connectivity index (χ2v) is 9.01. The van der Waals surface area contributed by atoms with Gasteiger partial charge in [0, 0.05) is 42.0 Å². The number of halogens is 4. The minimum absolute atomic E-state index is 0. The number of amides is 1. The molecule has 6 nitrogen and oxygen atoms in total. The Morgan fingerprint density at radius 2 is 1.66 bits per heavy atom. The summed E-state index contributed by atoms with van der Waals surface area (Å²) in [5, 5.41) is 10.9. The van der Waals surface area contributed by atoms with E-state index in [-0.39, 0.29) is 42.3 Å². The first-order valence-electron chi connectivity index (χ1n) is 12.0. The van der Waals surface area contributed by atoms with Crippen molar-refractivity contribution < 1.29 is 22.7 Å². The zero-order chi connectivity index (χ0) is 25.9. The third-order valence-electron chi connectivity index (χ3n) is 6.54. The maximum absolute atomic E-state index is 13.4. The van der Waals surface area contributed by atoms with Gasteiger partial charge in [0.1, 0.15) is 17.3 Å². The third kappa shape index (κ3) is 5.83. The first-order chi connectivity index (χ1) is 17.9. The van der Waals surface area contributed by atoms with Crippen molar-refractivity contribution in [2.75, 3.05) is 24.5 Å². The summed E-state index contributed by atoms with van der Waals surface area (Å²) in [5.74, 6) is 0.469. The molecule has 1 fully saturated rings. The molecule has 0 aliphatic carbocycles. The van der Waals surface area contributed by atoms with Crippen LogP contribution in [-0.2, 0) is 11.2 Å². The highest BCUT2D eigenvalue weighted by atomic mass is 35.5. The molecule has 1 aliphatic rings. The Bertz CT molecular complexity index is 1400. The summed E-state index contributed by atoms with van der Waals surface area (Å²) in [6.07, 6.45) is 0.177. The van der Waals surface area contributed by atoms with Crippen molar-refractivity contribution in [1.29, 1.82) is 0 Å². The fraction of sp³-hybridized carbons (Fsp3) is 0.250. The molecule has 0 N–H and O–H groups in total. The number of ether oxygens (including phenoxy) is 1. The molecule has 2 heterocycles. The summed E-state index contributed by atoms with van der Waals surface area (Å²) >= 11 is 0. The Kier molecular flexibility index (Phi) is 8.36. The van der Waals surface area contributed by atoms with Gasteiger partial charge in [-0.2, -0.15) is 8.78 Å². The topological polar surface area (TPSA) is 58.6 Å². The van der Waals surface area contributed by atoms with Crippen LogP contribution in [0.2, 0.25) is 0 Å². The van der Waals surface area contributed by atoms with Gasteiger partial charge in [0.2, 0.25) is 5.91 Å².